The van der Waals surface area contributed by atoms with Crippen molar-refractivity contribution in [3.63, 3.8) is 0 Å². The Morgan fingerprint density at radius 3 is 2.46 bits per heavy atom. The molecule has 0 aliphatic heterocycles. The lowest BCUT2D eigenvalue weighted by atomic mass is 10.2. The van der Waals surface area contributed by atoms with E-state index in [1.54, 1.807) is 36.4 Å². The fourth-order valence-electron chi connectivity index (χ4n) is 2.04. The molecule has 0 fully saturated rings. The van der Waals surface area contributed by atoms with Crippen molar-refractivity contribution in [3.05, 3.63) is 52.0 Å². The molecule has 126 valence electrons. The van der Waals surface area contributed by atoms with E-state index in [1.165, 1.54) is 7.11 Å². The summed E-state index contributed by atoms with van der Waals surface area (Å²) in [6.07, 6.45) is -0.336. The quantitative estimate of drug-likeness (QED) is 0.776. The van der Waals surface area contributed by atoms with Crippen LogP contribution in [0.15, 0.2) is 36.4 Å². The first kappa shape index (κ1) is 18.1. The van der Waals surface area contributed by atoms with E-state index in [0.717, 1.165) is 5.56 Å². The summed E-state index contributed by atoms with van der Waals surface area (Å²) in [5, 5.41) is 6.29. The lowest BCUT2D eigenvalue weighted by Gasteiger charge is -2.12. The van der Waals surface area contributed by atoms with Crippen LogP contribution in [0.2, 0.25) is 10.0 Å². The minimum absolute atomic E-state index is 0.336. The van der Waals surface area contributed by atoms with Crippen molar-refractivity contribution in [1.82, 2.24) is 0 Å². The molecule has 0 spiro atoms. The molecule has 0 saturated carbocycles. The molecule has 7 heteroatoms. The smallest absolute Gasteiger partial charge is 0.233 e. The number of carbonyl (C=O) groups is 2. The summed E-state index contributed by atoms with van der Waals surface area (Å²) in [4.78, 5) is 24.0. The Morgan fingerprint density at radius 1 is 1.08 bits per heavy atom. The first-order chi connectivity index (χ1) is 11.4. The highest BCUT2D eigenvalue weighted by molar-refractivity contribution is 6.31. The largest absolute Gasteiger partial charge is 0.495 e. The van der Waals surface area contributed by atoms with Gasteiger partial charge in [-0.25, -0.2) is 0 Å². The van der Waals surface area contributed by atoms with Gasteiger partial charge in [0.15, 0.2) is 0 Å². The van der Waals surface area contributed by atoms with Crippen LogP contribution in [0.1, 0.15) is 12.0 Å². The van der Waals surface area contributed by atoms with Crippen LogP contribution >= 0.6 is 23.2 Å². The number of halogens is 2. The summed E-state index contributed by atoms with van der Waals surface area (Å²) >= 11 is 11.9. The molecule has 0 heterocycles. The Balaban J connectivity index is 2.00. The van der Waals surface area contributed by atoms with Crippen LogP contribution in [0.25, 0.3) is 0 Å². The molecule has 2 rings (SSSR count). The van der Waals surface area contributed by atoms with Gasteiger partial charge in [0.2, 0.25) is 11.8 Å². The number of nitrogens with one attached hydrogen (secondary N) is 2. The fourth-order valence-corrected chi connectivity index (χ4v) is 2.39. The van der Waals surface area contributed by atoms with Crippen molar-refractivity contribution in [1.29, 1.82) is 0 Å². The summed E-state index contributed by atoms with van der Waals surface area (Å²) in [6, 6.07) is 9.99. The molecule has 2 amide bonds. The molecular weight excluding hydrogens is 351 g/mol. The van der Waals surface area contributed by atoms with Crippen LogP contribution in [0.5, 0.6) is 5.75 Å². The topological polar surface area (TPSA) is 67.4 Å². The maximum absolute atomic E-state index is 12.1. The fraction of sp³-hybridized carbons (Fsp3) is 0.176. The number of carbonyl (C=O) groups excluding carboxylic acids is 2. The number of amides is 2. The van der Waals surface area contributed by atoms with Gasteiger partial charge in [0.1, 0.15) is 12.2 Å². The number of rotatable bonds is 5. The van der Waals surface area contributed by atoms with E-state index in [1.807, 2.05) is 6.92 Å². The van der Waals surface area contributed by atoms with Crippen LogP contribution in [-0.4, -0.2) is 18.9 Å². The van der Waals surface area contributed by atoms with E-state index < -0.39 is 11.8 Å². The van der Waals surface area contributed by atoms with Gasteiger partial charge < -0.3 is 15.4 Å². The highest BCUT2D eigenvalue weighted by Gasteiger charge is 2.14. The van der Waals surface area contributed by atoms with Gasteiger partial charge in [-0.2, -0.15) is 0 Å². The molecule has 0 aliphatic carbocycles. The second kappa shape index (κ2) is 8.04. The number of ether oxygens (including phenoxy) is 1. The molecule has 0 aromatic heterocycles. The van der Waals surface area contributed by atoms with Gasteiger partial charge in [-0.05, 0) is 36.8 Å². The summed E-state index contributed by atoms with van der Waals surface area (Å²) < 4.78 is 5.18. The first-order valence-electron chi connectivity index (χ1n) is 7.08. The van der Waals surface area contributed by atoms with Gasteiger partial charge in [-0.15, -0.1) is 0 Å². The van der Waals surface area contributed by atoms with Crippen molar-refractivity contribution in [2.45, 2.75) is 13.3 Å². The maximum Gasteiger partial charge on any atom is 0.233 e. The molecule has 24 heavy (non-hydrogen) atoms. The lowest BCUT2D eigenvalue weighted by Crippen LogP contribution is -2.21. The van der Waals surface area contributed by atoms with Crippen molar-refractivity contribution in [3.8, 4) is 5.75 Å². The minimum atomic E-state index is -0.463. The Labute approximate surface area is 149 Å². The van der Waals surface area contributed by atoms with Crippen LogP contribution in [-0.2, 0) is 9.59 Å². The Hall–Kier alpha value is -2.24. The molecular formula is C17H16Cl2N2O3. The summed E-state index contributed by atoms with van der Waals surface area (Å²) in [5.74, 6) is -0.483. The van der Waals surface area contributed by atoms with Crippen molar-refractivity contribution >= 4 is 46.4 Å². The number of methoxy groups -OCH3 is 1. The van der Waals surface area contributed by atoms with E-state index in [-0.39, 0.29) is 6.42 Å². The van der Waals surface area contributed by atoms with Crippen LogP contribution < -0.4 is 15.4 Å². The van der Waals surface area contributed by atoms with Gasteiger partial charge in [0.05, 0.1) is 12.8 Å². The molecule has 0 bridgehead atoms. The third-order valence-electron chi connectivity index (χ3n) is 3.18. The molecule has 0 radical (unpaired) electrons. The highest BCUT2D eigenvalue weighted by Crippen LogP contribution is 2.31. The number of aryl methyl sites for hydroxylation is 1. The van der Waals surface area contributed by atoms with Gasteiger partial charge in [-0.3, -0.25) is 9.59 Å². The molecule has 5 nitrogen and oxygen atoms in total. The molecule has 0 unspecified atom stereocenters. The molecule has 0 atom stereocenters. The zero-order valence-corrected chi connectivity index (χ0v) is 14.7. The molecule has 0 aliphatic rings. The standard InChI is InChI=1S/C17H16Cl2N2O3/c1-10-6-14(15(24-2)8-13(10)19)21-17(23)9-16(22)20-12-5-3-4-11(18)7-12/h3-8H,9H2,1-2H3,(H,20,22)(H,21,23). The summed E-state index contributed by atoms with van der Waals surface area (Å²) in [6.45, 7) is 1.81. The Kier molecular flexibility index (Phi) is 6.06. The average Bonchev–Trinajstić information content (AvgIpc) is 2.50. The second-order valence-electron chi connectivity index (χ2n) is 5.09. The van der Waals surface area contributed by atoms with Gasteiger partial charge in [-0.1, -0.05) is 29.3 Å². The monoisotopic (exact) mass is 366 g/mol. The third-order valence-corrected chi connectivity index (χ3v) is 3.83. The molecule has 2 aromatic carbocycles. The molecule has 2 aromatic rings. The SMILES string of the molecule is COc1cc(Cl)c(C)cc1NC(=O)CC(=O)Nc1cccc(Cl)c1. The predicted molar refractivity (Wildman–Crippen MR) is 96.1 cm³/mol. The number of benzene rings is 2. The van der Waals surface area contributed by atoms with E-state index in [0.29, 0.717) is 27.2 Å². The summed E-state index contributed by atoms with van der Waals surface area (Å²) in [5.41, 5.74) is 1.77. The van der Waals surface area contributed by atoms with Crippen molar-refractivity contribution in [2.75, 3.05) is 17.7 Å². The first-order valence-corrected chi connectivity index (χ1v) is 7.84. The number of anilines is 2. The highest BCUT2D eigenvalue weighted by atomic mass is 35.5. The zero-order valence-electron chi connectivity index (χ0n) is 13.2. The third kappa shape index (κ3) is 4.88. The van der Waals surface area contributed by atoms with Crippen molar-refractivity contribution in [2.24, 2.45) is 0 Å². The van der Waals surface area contributed by atoms with Crippen molar-refractivity contribution < 1.29 is 14.3 Å². The predicted octanol–water partition coefficient (Wildman–Crippen LogP) is 4.28. The van der Waals surface area contributed by atoms with Gasteiger partial charge in [0.25, 0.3) is 0 Å². The van der Waals surface area contributed by atoms with E-state index >= 15 is 0 Å². The summed E-state index contributed by atoms with van der Waals surface area (Å²) in [7, 11) is 1.47. The van der Waals surface area contributed by atoms with E-state index in [4.69, 9.17) is 27.9 Å². The van der Waals surface area contributed by atoms with Gasteiger partial charge >= 0.3 is 0 Å². The van der Waals surface area contributed by atoms with Crippen LogP contribution in [0, 0.1) is 6.92 Å². The Bertz CT molecular complexity index is 778. The zero-order chi connectivity index (χ0) is 17.7. The van der Waals surface area contributed by atoms with E-state index in [9.17, 15) is 9.59 Å². The minimum Gasteiger partial charge on any atom is -0.495 e. The lowest BCUT2D eigenvalue weighted by molar-refractivity contribution is -0.123. The number of hydrogen-bond acceptors (Lipinski definition) is 3. The van der Waals surface area contributed by atoms with Crippen LogP contribution in [0.4, 0.5) is 11.4 Å². The molecule has 0 saturated heterocycles. The molecule has 2 N–H and O–H groups in total. The normalized spacial score (nSPS) is 10.2. The van der Waals surface area contributed by atoms with Gasteiger partial charge in [0, 0.05) is 21.8 Å². The second-order valence-corrected chi connectivity index (χ2v) is 5.93. The van der Waals surface area contributed by atoms with Crippen LogP contribution in [0.3, 0.4) is 0 Å². The Morgan fingerprint density at radius 2 is 1.79 bits per heavy atom. The maximum atomic E-state index is 12.1. The van der Waals surface area contributed by atoms with E-state index in [2.05, 4.69) is 10.6 Å². The average molecular weight is 367 g/mol. The number of hydrogen-bond donors (Lipinski definition) is 2.